The molecule has 2 fully saturated rings. The van der Waals surface area contributed by atoms with Gasteiger partial charge in [-0.3, -0.25) is 9.89 Å². The van der Waals surface area contributed by atoms with Crippen LogP contribution in [0.25, 0.3) is 0 Å². The Morgan fingerprint density at radius 2 is 1.68 bits per heavy atom. The van der Waals surface area contributed by atoms with E-state index in [1.165, 1.54) is 31.3 Å². The van der Waals surface area contributed by atoms with Gasteiger partial charge in [0.15, 0.2) is 5.96 Å². The molecular formula is C20H38F3N5. The SMILES string of the molecule is CN=C(NCCCCN1CC(C)CC(C)C1)N1CCN(C(C)C(F)(F)F)CC1. The summed E-state index contributed by atoms with van der Waals surface area (Å²) < 4.78 is 38.6. The van der Waals surface area contributed by atoms with Gasteiger partial charge in [-0.2, -0.15) is 13.2 Å². The number of aliphatic imine (C=N–C) groups is 1. The van der Waals surface area contributed by atoms with Gasteiger partial charge in [-0.15, -0.1) is 0 Å². The van der Waals surface area contributed by atoms with E-state index in [4.69, 9.17) is 0 Å². The zero-order chi connectivity index (χ0) is 20.7. The number of unbranched alkanes of at least 4 members (excludes halogenated alkanes) is 1. The fraction of sp³-hybridized carbons (Fsp3) is 0.950. The largest absolute Gasteiger partial charge is 0.403 e. The number of piperazine rings is 1. The van der Waals surface area contributed by atoms with Gasteiger partial charge < -0.3 is 15.1 Å². The van der Waals surface area contributed by atoms with Crippen molar-refractivity contribution in [3.05, 3.63) is 0 Å². The number of alkyl halides is 3. The Hall–Kier alpha value is -1.02. The summed E-state index contributed by atoms with van der Waals surface area (Å²) in [4.78, 5) is 10.5. The predicted molar refractivity (Wildman–Crippen MR) is 109 cm³/mol. The highest BCUT2D eigenvalue weighted by atomic mass is 19.4. The van der Waals surface area contributed by atoms with Gasteiger partial charge in [0.05, 0.1) is 0 Å². The summed E-state index contributed by atoms with van der Waals surface area (Å²) in [7, 11) is 1.74. The first-order chi connectivity index (χ1) is 13.2. The quantitative estimate of drug-likeness (QED) is 0.419. The van der Waals surface area contributed by atoms with Crippen LogP contribution < -0.4 is 5.32 Å². The second kappa shape index (κ2) is 10.7. The lowest BCUT2D eigenvalue weighted by atomic mass is 9.92. The van der Waals surface area contributed by atoms with E-state index in [1.54, 1.807) is 7.05 Å². The molecule has 2 aliphatic heterocycles. The normalized spacial score (nSPS) is 27.1. The number of nitrogens with zero attached hydrogens (tertiary/aromatic N) is 4. The maximum absolute atomic E-state index is 12.9. The molecule has 1 N–H and O–H groups in total. The number of hydrogen-bond donors (Lipinski definition) is 1. The monoisotopic (exact) mass is 405 g/mol. The predicted octanol–water partition coefficient (Wildman–Crippen LogP) is 2.89. The average molecular weight is 406 g/mol. The molecule has 2 rings (SSSR count). The van der Waals surface area contributed by atoms with Crippen LogP contribution in [0.4, 0.5) is 13.2 Å². The van der Waals surface area contributed by atoms with E-state index in [0.29, 0.717) is 26.2 Å². The van der Waals surface area contributed by atoms with Crippen molar-refractivity contribution >= 4 is 5.96 Å². The minimum atomic E-state index is -4.16. The Morgan fingerprint density at radius 1 is 1.07 bits per heavy atom. The molecule has 5 nitrogen and oxygen atoms in total. The van der Waals surface area contributed by atoms with Crippen molar-refractivity contribution in [1.29, 1.82) is 0 Å². The smallest absolute Gasteiger partial charge is 0.356 e. The van der Waals surface area contributed by atoms with Gasteiger partial charge in [0.1, 0.15) is 6.04 Å². The number of nitrogens with one attached hydrogen (secondary N) is 1. The molecule has 3 unspecified atom stereocenters. The molecule has 8 heteroatoms. The number of hydrogen-bond acceptors (Lipinski definition) is 3. The summed E-state index contributed by atoms with van der Waals surface area (Å²) in [6.07, 6.45) is -0.598. The summed E-state index contributed by atoms with van der Waals surface area (Å²) in [5.41, 5.74) is 0. The molecule has 164 valence electrons. The highest BCUT2D eigenvalue weighted by Gasteiger charge is 2.41. The Bertz CT molecular complexity index is 479. The second-order valence-corrected chi connectivity index (χ2v) is 8.63. The minimum absolute atomic E-state index is 0.409. The molecule has 2 aliphatic rings. The van der Waals surface area contributed by atoms with E-state index in [9.17, 15) is 13.2 Å². The molecule has 0 bridgehead atoms. The maximum Gasteiger partial charge on any atom is 0.403 e. The lowest BCUT2D eigenvalue weighted by Crippen LogP contribution is -2.56. The molecule has 3 atom stereocenters. The van der Waals surface area contributed by atoms with Crippen molar-refractivity contribution in [3.8, 4) is 0 Å². The molecule has 0 aromatic heterocycles. The van der Waals surface area contributed by atoms with E-state index >= 15 is 0 Å². The number of guanidine groups is 1. The molecule has 28 heavy (non-hydrogen) atoms. The van der Waals surface area contributed by atoms with Crippen LogP contribution in [0.2, 0.25) is 0 Å². The van der Waals surface area contributed by atoms with E-state index < -0.39 is 12.2 Å². The van der Waals surface area contributed by atoms with Crippen molar-refractivity contribution in [2.75, 3.05) is 59.4 Å². The van der Waals surface area contributed by atoms with Crippen molar-refractivity contribution < 1.29 is 13.2 Å². The van der Waals surface area contributed by atoms with Crippen LogP contribution in [0.1, 0.15) is 40.0 Å². The number of likely N-dealkylation sites (tertiary alicyclic amines) is 1. The first-order valence-corrected chi connectivity index (χ1v) is 10.7. The van der Waals surface area contributed by atoms with Gasteiger partial charge in [-0.25, -0.2) is 0 Å². The first kappa shape index (κ1) is 23.3. The fourth-order valence-electron chi connectivity index (χ4n) is 4.50. The molecule has 0 amide bonds. The van der Waals surface area contributed by atoms with Gasteiger partial charge in [-0.05, 0) is 44.6 Å². The Balaban J connectivity index is 1.64. The highest BCUT2D eigenvalue weighted by Crippen LogP contribution is 2.25. The maximum atomic E-state index is 12.9. The van der Waals surface area contributed by atoms with Crippen LogP contribution in [0.15, 0.2) is 4.99 Å². The summed E-state index contributed by atoms with van der Waals surface area (Å²) >= 11 is 0. The van der Waals surface area contributed by atoms with Crippen LogP contribution >= 0.6 is 0 Å². The van der Waals surface area contributed by atoms with Crippen LogP contribution in [-0.4, -0.2) is 92.3 Å². The third kappa shape index (κ3) is 7.10. The third-order valence-corrected chi connectivity index (χ3v) is 5.98. The lowest BCUT2D eigenvalue weighted by molar-refractivity contribution is -0.181. The van der Waals surface area contributed by atoms with Crippen molar-refractivity contribution in [2.45, 2.75) is 52.3 Å². The van der Waals surface area contributed by atoms with Crippen LogP contribution in [0.3, 0.4) is 0 Å². The zero-order valence-electron chi connectivity index (χ0n) is 17.9. The Labute approximate surface area is 168 Å². The minimum Gasteiger partial charge on any atom is -0.356 e. The molecule has 0 radical (unpaired) electrons. The lowest BCUT2D eigenvalue weighted by Gasteiger charge is -2.39. The molecule has 0 spiro atoms. The Morgan fingerprint density at radius 3 is 2.21 bits per heavy atom. The van der Waals surface area contributed by atoms with Gasteiger partial charge in [0.25, 0.3) is 0 Å². The number of rotatable bonds is 6. The third-order valence-electron chi connectivity index (χ3n) is 5.98. The molecular weight excluding hydrogens is 367 g/mol. The fourth-order valence-corrected chi connectivity index (χ4v) is 4.50. The average Bonchev–Trinajstić information content (AvgIpc) is 2.63. The molecule has 2 heterocycles. The molecule has 0 saturated carbocycles. The molecule has 0 aromatic rings. The summed E-state index contributed by atoms with van der Waals surface area (Å²) in [5, 5.41) is 3.39. The van der Waals surface area contributed by atoms with Gasteiger partial charge >= 0.3 is 6.18 Å². The van der Waals surface area contributed by atoms with Crippen molar-refractivity contribution in [1.82, 2.24) is 20.0 Å². The van der Waals surface area contributed by atoms with Gasteiger partial charge in [0, 0.05) is 52.9 Å². The zero-order valence-corrected chi connectivity index (χ0v) is 17.9. The van der Waals surface area contributed by atoms with Gasteiger partial charge in [0.2, 0.25) is 0 Å². The molecule has 0 aliphatic carbocycles. The van der Waals surface area contributed by atoms with Crippen LogP contribution in [0.5, 0.6) is 0 Å². The second-order valence-electron chi connectivity index (χ2n) is 8.63. The standard InChI is InChI=1S/C20H38F3N5/c1-16-13-17(2)15-26(14-16)8-6-5-7-25-19(24-4)28-11-9-27(10-12-28)18(3)20(21,22)23/h16-18H,5-15H2,1-4H3,(H,24,25). The molecule has 0 aromatic carbocycles. The van der Waals surface area contributed by atoms with Crippen molar-refractivity contribution in [2.24, 2.45) is 16.8 Å². The molecule has 2 saturated heterocycles. The van der Waals surface area contributed by atoms with E-state index in [0.717, 1.165) is 43.7 Å². The number of halogens is 3. The van der Waals surface area contributed by atoms with E-state index in [1.807, 2.05) is 0 Å². The van der Waals surface area contributed by atoms with E-state index in [2.05, 4.69) is 34.0 Å². The van der Waals surface area contributed by atoms with Crippen LogP contribution in [-0.2, 0) is 0 Å². The van der Waals surface area contributed by atoms with E-state index in [-0.39, 0.29) is 0 Å². The highest BCUT2D eigenvalue weighted by molar-refractivity contribution is 5.79. The van der Waals surface area contributed by atoms with Crippen LogP contribution in [0, 0.1) is 11.8 Å². The Kier molecular flexibility index (Phi) is 8.86. The first-order valence-electron chi connectivity index (χ1n) is 10.7. The number of piperidine rings is 1. The van der Waals surface area contributed by atoms with Gasteiger partial charge in [-0.1, -0.05) is 13.8 Å². The summed E-state index contributed by atoms with van der Waals surface area (Å²) in [5.74, 6) is 2.39. The summed E-state index contributed by atoms with van der Waals surface area (Å²) in [6.45, 7) is 12.3. The summed E-state index contributed by atoms with van der Waals surface area (Å²) in [6, 6.07) is -1.38. The van der Waals surface area contributed by atoms with Crippen molar-refractivity contribution in [3.63, 3.8) is 0 Å². The topological polar surface area (TPSA) is 34.1 Å².